The SMILES string of the molecule is O=C1C(=O)N(CC2CCCO2)C(c2ccccn2)/C1=C(/O)c1ccc2c(c1)CCCO2. The van der Waals surface area contributed by atoms with Crippen LogP contribution in [0.5, 0.6) is 5.75 Å². The summed E-state index contributed by atoms with van der Waals surface area (Å²) in [6.07, 6.45) is 5.01. The number of hydrogen-bond acceptors (Lipinski definition) is 6. The summed E-state index contributed by atoms with van der Waals surface area (Å²) in [5.74, 6) is -0.714. The fourth-order valence-electron chi connectivity index (χ4n) is 4.58. The summed E-state index contributed by atoms with van der Waals surface area (Å²) in [5.41, 5.74) is 2.10. The number of pyridine rings is 1. The molecule has 3 aliphatic rings. The van der Waals surface area contributed by atoms with Gasteiger partial charge in [-0.1, -0.05) is 6.07 Å². The zero-order valence-electron chi connectivity index (χ0n) is 17.1. The number of hydrogen-bond donors (Lipinski definition) is 1. The van der Waals surface area contributed by atoms with Crippen LogP contribution in [0.3, 0.4) is 0 Å². The van der Waals surface area contributed by atoms with Crippen LogP contribution in [0.2, 0.25) is 0 Å². The Morgan fingerprint density at radius 3 is 2.84 bits per heavy atom. The minimum absolute atomic E-state index is 0.0679. The van der Waals surface area contributed by atoms with Crippen molar-refractivity contribution in [2.75, 3.05) is 19.8 Å². The highest BCUT2D eigenvalue weighted by Gasteiger charge is 2.47. The molecule has 2 atom stereocenters. The molecule has 1 aromatic carbocycles. The summed E-state index contributed by atoms with van der Waals surface area (Å²) in [6.45, 7) is 1.62. The molecule has 7 heteroatoms. The third-order valence-electron chi connectivity index (χ3n) is 6.11. The second kappa shape index (κ2) is 8.15. The molecular weight excluding hydrogens is 396 g/mol. The van der Waals surface area contributed by atoms with Gasteiger partial charge in [0.2, 0.25) is 0 Å². The number of ketones is 1. The fraction of sp³-hybridized carbons (Fsp3) is 0.375. The molecule has 1 amide bonds. The van der Waals surface area contributed by atoms with Gasteiger partial charge in [0.05, 0.1) is 24.0 Å². The molecule has 1 aromatic heterocycles. The molecule has 4 heterocycles. The Bertz CT molecular complexity index is 1040. The molecule has 0 bridgehead atoms. The molecule has 0 saturated carbocycles. The molecule has 160 valence electrons. The molecule has 5 rings (SSSR count). The Hall–Kier alpha value is -3.19. The van der Waals surface area contributed by atoms with E-state index in [1.165, 1.54) is 4.90 Å². The summed E-state index contributed by atoms with van der Waals surface area (Å²) in [5, 5.41) is 11.2. The minimum atomic E-state index is -0.752. The largest absolute Gasteiger partial charge is 0.507 e. The standard InChI is InChI=1S/C24H24N2O5/c27-22(16-8-9-19-15(13-16)5-3-12-31-19)20-21(18-7-1-2-10-25-18)26(24(29)23(20)28)14-17-6-4-11-30-17/h1-2,7-10,13,17,21,27H,3-6,11-12,14H2/b22-20-. The number of carbonyl (C=O) groups is 2. The van der Waals surface area contributed by atoms with E-state index in [0.717, 1.165) is 37.0 Å². The van der Waals surface area contributed by atoms with Crippen LogP contribution in [0.1, 0.15) is 42.1 Å². The second-order valence-corrected chi connectivity index (χ2v) is 8.12. The van der Waals surface area contributed by atoms with Crippen LogP contribution in [-0.4, -0.2) is 52.5 Å². The van der Waals surface area contributed by atoms with E-state index in [0.29, 0.717) is 31.0 Å². The number of aliphatic hydroxyl groups excluding tert-OH is 1. The van der Waals surface area contributed by atoms with E-state index in [4.69, 9.17) is 9.47 Å². The molecule has 2 aromatic rings. The van der Waals surface area contributed by atoms with Crippen molar-refractivity contribution in [2.45, 2.75) is 37.8 Å². The van der Waals surface area contributed by atoms with Gasteiger partial charge in [-0.3, -0.25) is 14.6 Å². The number of nitrogens with zero attached hydrogens (tertiary/aromatic N) is 2. The van der Waals surface area contributed by atoms with Crippen LogP contribution in [-0.2, 0) is 20.7 Å². The van der Waals surface area contributed by atoms with Gasteiger partial charge in [0, 0.05) is 24.9 Å². The number of benzene rings is 1. The Morgan fingerprint density at radius 1 is 1.16 bits per heavy atom. The fourth-order valence-corrected chi connectivity index (χ4v) is 4.58. The molecule has 0 radical (unpaired) electrons. The second-order valence-electron chi connectivity index (χ2n) is 8.12. The van der Waals surface area contributed by atoms with Gasteiger partial charge in [0.15, 0.2) is 0 Å². The Kier molecular flexibility index (Phi) is 5.19. The third-order valence-corrected chi connectivity index (χ3v) is 6.11. The van der Waals surface area contributed by atoms with Crippen LogP contribution in [0.4, 0.5) is 0 Å². The highest BCUT2D eigenvalue weighted by atomic mass is 16.5. The van der Waals surface area contributed by atoms with Crippen molar-refractivity contribution in [2.24, 2.45) is 0 Å². The van der Waals surface area contributed by atoms with E-state index in [9.17, 15) is 14.7 Å². The van der Waals surface area contributed by atoms with Gasteiger partial charge in [-0.2, -0.15) is 0 Å². The zero-order chi connectivity index (χ0) is 21.4. The monoisotopic (exact) mass is 420 g/mol. The van der Waals surface area contributed by atoms with Gasteiger partial charge in [0.25, 0.3) is 11.7 Å². The maximum atomic E-state index is 13.1. The van der Waals surface area contributed by atoms with E-state index in [1.54, 1.807) is 24.4 Å². The smallest absolute Gasteiger partial charge is 0.295 e. The summed E-state index contributed by atoms with van der Waals surface area (Å²) in [7, 11) is 0. The van der Waals surface area contributed by atoms with Crippen molar-refractivity contribution in [3.8, 4) is 5.75 Å². The Morgan fingerprint density at radius 2 is 2.06 bits per heavy atom. The van der Waals surface area contributed by atoms with Crippen molar-refractivity contribution in [1.29, 1.82) is 0 Å². The number of Topliss-reactive ketones (excluding diaryl/α,β-unsaturated/α-hetero) is 1. The molecule has 0 spiro atoms. The predicted octanol–water partition coefficient (Wildman–Crippen LogP) is 3.01. The molecule has 1 N–H and O–H groups in total. The number of aryl methyl sites for hydroxylation is 1. The number of rotatable bonds is 4. The van der Waals surface area contributed by atoms with Gasteiger partial charge < -0.3 is 19.5 Å². The maximum absolute atomic E-state index is 13.1. The molecule has 0 aliphatic carbocycles. The van der Waals surface area contributed by atoms with Crippen molar-refractivity contribution < 1.29 is 24.2 Å². The van der Waals surface area contributed by atoms with Crippen LogP contribution in [0, 0.1) is 0 Å². The molecular formula is C24H24N2O5. The van der Waals surface area contributed by atoms with Crippen molar-refractivity contribution in [1.82, 2.24) is 9.88 Å². The summed E-state index contributed by atoms with van der Waals surface area (Å²) >= 11 is 0. The number of aromatic nitrogens is 1. The van der Waals surface area contributed by atoms with Gasteiger partial charge in [-0.05, 0) is 61.6 Å². The first-order valence-electron chi connectivity index (χ1n) is 10.7. The Labute approximate surface area is 180 Å². The molecule has 7 nitrogen and oxygen atoms in total. The molecule has 3 aliphatic heterocycles. The van der Waals surface area contributed by atoms with Gasteiger partial charge in [-0.25, -0.2) is 0 Å². The van der Waals surface area contributed by atoms with Crippen molar-refractivity contribution >= 4 is 17.4 Å². The van der Waals surface area contributed by atoms with Crippen molar-refractivity contribution in [3.63, 3.8) is 0 Å². The number of likely N-dealkylation sites (tertiary alicyclic amines) is 1. The number of aliphatic hydroxyl groups is 1. The number of fused-ring (bicyclic) bond motifs is 1. The highest BCUT2D eigenvalue weighted by Crippen LogP contribution is 2.40. The van der Waals surface area contributed by atoms with Crippen molar-refractivity contribution in [3.05, 3.63) is 65.0 Å². The van der Waals surface area contributed by atoms with Crippen LogP contribution >= 0.6 is 0 Å². The number of ether oxygens (including phenoxy) is 2. The van der Waals surface area contributed by atoms with Crippen LogP contribution in [0.25, 0.3) is 5.76 Å². The van der Waals surface area contributed by atoms with Gasteiger partial charge in [-0.15, -0.1) is 0 Å². The van der Waals surface area contributed by atoms with Crippen LogP contribution in [0.15, 0.2) is 48.2 Å². The van der Waals surface area contributed by atoms with Gasteiger partial charge >= 0.3 is 0 Å². The minimum Gasteiger partial charge on any atom is -0.507 e. The topological polar surface area (TPSA) is 89.0 Å². The molecule has 2 saturated heterocycles. The lowest BCUT2D eigenvalue weighted by Crippen LogP contribution is -2.36. The van der Waals surface area contributed by atoms with E-state index in [1.807, 2.05) is 18.2 Å². The first-order chi connectivity index (χ1) is 15.1. The average molecular weight is 420 g/mol. The average Bonchev–Trinajstić information content (AvgIpc) is 3.41. The van der Waals surface area contributed by atoms with E-state index >= 15 is 0 Å². The summed E-state index contributed by atoms with van der Waals surface area (Å²) < 4.78 is 11.4. The van der Waals surface area contributed by atoms with Gasteiger partial charge in [0.1, 0.15) is 17.6 Å². The molecule has 2 fully saturated rings. The summed E-state index contributed by atoms with van der Waals surface area (Å²) in [4.78, 5) is 32.0. The first kappa shape index (κ1) is 19.8. The number of amides is 1. The lowest BCUT2D eigenvalue weighted by atomic mass is 9.96. The quantitative estimate of drug-likeness (QED) is 0.465. The highest BCUT2D eigenvalue weighted by molar-refractivity contribution is 6.46. The van der Waals surface area contributed by atoms with E-state index in [2.05, 4.69) is 4.98 Å². The van der Waals surface area contributed by atoms with E-state index < -0.39 is 17.7 Å². The molecule has 2 unspecified atom stereocenters. The lowest BCUT2D eigenvalue weighted by Gasteiger charge is -2.26. The Balaban J connectivity index is 1.59. The predicted molar refractivity (Wildman–Crippen MR) is 112 cm³/mol. The summed E-state index contributed by atoms with van der Waals surface area (Å²) in [6, 6.07) is 9.98. The lowest BCUT2D eigenvalue weighted by molar-refractivity contribution is -0.140. The maximum Gasteiger partial charge on any atom is 0.295 e. The number of carbonyl (C=O) groups excluding carboxylic acids is 2. The molecule has 31 heavy (non-hydrogen) atoms. The van der Waals surface area contributed by atoms with Crippen LogP contribution < -0.4 is 4.74 Å². The van der Waals surface area contributed by atoms with E-state index in [-0.39, 0.29) is 17.4 Å². The zero-order valence-corrected chi connectivity index (χ0v) is 17.1. The normalized spacial score (nSPS) is 24.8. The first-order valence-corrected chi connectivity index (χ1v) is 10.7. The third kappa shape index (κ3) is 3.59.